The molecule has 166 valence electrons. The van der Waals surface area contributed by atoms with E-state index >= 15 is 0 Å². The number of nitrogens with one attached hydrogen (secondary N) is 1. The van der Waals surface area contributed by atoms with Gasteiger partial charge in [0, 0.05) is 52.2 Å². The molecule has 3 atom stereocenters. The van der Waals surface area contributed by atoms with E-state index in [1.54, 1.807) is 56.0 Å². The molecule has 0 unspecified atom stereocenters. The van der Waals surface area contributed by atoms with Gasteiger partial charge >= 0.3 is 0 Å². The zero-order valence-corrected chi connectivity index (χ0v) is 18.7. The van der Waals surface area contributed by atoms with E-state index in [2.05, 4.69) is 5.32 Å². The van der Waals surface area contributed by atoms with Gasteiger partial charge in [0.15, 0.2) is 0 Å². The van der Waals surface area contributed by atoms with E-state index in [4.69, 9.17) is 9.47 Å². The molecule has 0 spiro atoms. The van der Waals surface area contributed by atoms with E-state index in [9.17, 15) is 14.4 Å². The van der Waals surface area contributed by atoms with Gasteiger partial charge in [-0.15, -0.1) is 0 Å². The van der Waals surface area contributed by atoms with Crippen LogP contribution < -0.4 is 10.1 Å². The molecule has 0 aromatic heterocycles. The fourth-order valence-corrected chi connectivity index (χ4v) is 3.54. The Labute approximate surface area is 178 Å². The summed E-state index contributed by atoms with van der Waals surface area (Å²) in [4.78, 5) is 40.6. The molecular weight excluding hydrogens is 386 g/mol. The topological polar surface area (TPSA) is 88.2 Å². The van der Waals surface area contributed by atoms with Crippen LogP contribution in [-0.4, -0.2) is 73.5 Å². The summed E-state index contributed by atoms with van der Waals surface area (Å²) in [5.74, 6) is 0.0458. The van der Waals surface area contributed by atoms with Crippen LogP contribution in [0.1, 0.15) is 44.5 Å². The number of hydrogen-bond acceptors (Lipinski definition) is 5. The predicted octanol–water partition coefficient (Wildman–Crippen LogP) is 2.39. The molecule has 0 aliphatic carbocycles. The molecule has 0 saturated heterocycles. The Bertz CT molecular complexity index is 782. The monoisotopic (exact) mass is 419 g/mol. The molecule has 0 radical (unpaired) electrons. The van der Waals surface area contributed by atoms with Gasteiger partial charge in [-0.3, -0.25) is 14.4 Å². The Balaban J connectivity index is 2.44. The van der Waals surface area contributed by atoms with Crippen molar-refractivity contribution in [1.82, 2.24) is 9.80 Å². The Kier molecular flexibility index (Phi) is 8.23. The van der Waals surface area contributed by atoms with Crippen LogP contribution >= 0.6 is 0 Å². The first-order valence-electron chi connectivity index (χ1n) is 10.3. The van der Waals surface area contributed by atoms with Gasteiger partial charge in [0.25, 0.3) is 5.91 Å². The molecule has 0 fully saturated rings. The maximum atomic E-state index is 13.2. The molecule has 2 rings (SSSR count). The normalized spacial score (nSPS) is 23.0. The molecule has 1 N–H and O–H groups in total. The van der Waals surface area contributed by atoms with Crippen molar-refractivity contribution in [3.63, 3.8) is 0 Å². The second-order valence-electron chi connectivity index (χ2n) is 7.88. The van der Waals surface area contributed by atoms with E-state index < -0.39 is 0 Å². The highest BCUT2D eigenvalue weighted by Gasteiger charge is 2.29. The molecule has 30 heavy (non-hydrogen) atoms. The van der Waals surface area contributed by atoms with Crippen molar-refractivity contribution in [3.8, 4) is 5.75 Å². The van der Waals surface area contributed by atoms with Crippen molar-refractivity contribution >= 4 is 23.4 Å². The lowest BCUT2D eigenvalue weighted by molar-refractivity contribution is -0.133. The number of hydrogen-bond donors (Lipinski definition) is 1. The number of methoxy groups -OCH3 is 1. The van der Waals surface area contributed by atoms with Crippen LogP contribution in [-0.2, 0) is 14.3 Å². The van der Waals surface area contributed by atoms with Gasteiger partial charge in [0.2, 0.25) is 11.8 Å². The number of nitrogens with zero attached hydrogens (tertiary/aromatic N) is 2. The molecule has 1 aromatic rings. The number of carbonyl (C=O) groups is 3. The number of anilines is 1. The molecule has 0 saturated carbocycles. The van der Waals surface area contributed by atoms with Gasteiger partial charge in [0.05, 0.1) is 17.7 Å². The lowest BCUT2D eigenvalue weighted by atomic mass is 10.0. The molecule has 8 heteroatoms. The average molecular weight is 420 g/mol. The first-order valence-corrected chi connectivity index (χ1v) is 10.3. The molecule has 3 amide bonds. The third-order valence-corrected chi connectivity index (χ3v) is 5.45. The fraction of sp³-hybridized carbons (Fsp3) is 0.591. The third-order valence-electron chi connectivity index (χ3n) is 5.45. The highest BCUT2D eigenvalue weighted by atomic mass is 16.5. The zero-order valence-electron chi connectivity index (χ0n) is 18.7. The van der Waals surface area contributed by atoms with Crippen molar-refractivity contribution in [2.45, 2.75) is 46.3 Å². The van der Waals surface area contributed by atoms with Gasteiger partial charge in [-0.05, 0) is 25.1 Å². The predicted molar refractivity (Wildman–Crippen MR) is 115 cm³/mol. The summed E-state index contributed by atoms with van der Waals surface area (Å²) in [6.45, 7) is 8.35. The molecule has 8 nitrogen and oxygen atoms in total. The third kappa shape index (κ3) is 5.72. The Hall–Kier alpha value is -2.61. The van der Waals surface area contributed by atoms with Gasteiger partial charge in [0.1, 0.15) is 12.4 Å². The summed E-state index contributed by atoms with van der Waals surface area (Å²) < 4.78 is 11.6. The smallest absolute Gasteiger partial charge is 0.257 e. The first-order chi connectivity index (χ1) is 14.2. The zero-order chi connectivity index (χ0) is 22.4. The van der Waals surface area contributed by atoms with E-state index in [1.807, 2.05) is 13.8 Å². The first kappa shape index (κ1) is 23.7. The standard InChI is InChI=1S/C22H33N3O5/c1-7-21(27)23-17-8-9-19-18(10-17)22(28)24(5)12-20(29-6)14(2)11-25(16(4)26)15(3)13-30-19/h8-10,14-15,20H,7,11-13H2,1-6H3,(H,23,27)/t14-,15-,20-/m1/s1. The molecular formula is C22H33N3O5. The van der Waals surface area contributed by atoms with Gasteiger partial charge in [-0.1, -0.05) is 13.8 Å². The van der Waals surface area contributed by atoms with Crippen LogP contribution in [0.15, 0.2) is 18.2 Å². The molecule has 1 aromatic carbocycles. The summed E-state index contributed by atoms with van der Waals surface area (Å²) in [7, 11) is 3.32. The highest BCUT2D eigenvalue weighted by molar-refractivity contribution is 5.99. The van der Waals surface area contributed by atoms with E-state index in [-0.39, 0.29) is 42.4 Å². The molecule has 0 bridgehead atoms. The van der Waals surface area contributed by atoms with E-state index in [0.717, 1.165) is 0 Å². The minimum Gasteiger partial charge on any atom is -0.491 e. The minimum absolute atomic E-state index is 0.0191. The van der Waals surface area contributed by atoms with Gasteiger partial charge in [-0.25, -0.2) is 0 Å². The number of fused-ring (bicyclic) bond motifs is 1. The number of benzene rings is 1. The second-order valence-corrected chi connectivity index (χ2v) is 7.88. The number of likely N-dealkylation sites (N-methyl/N-ethyl adjacent to an activating group) is 1. The SMILES string of the molecule is CCC(=O)Nc1ccc2c(c1)C(=O)N(C)C[C@@H](OC)[C@H](C)CN(C(C)=O)[C@H](C)CO2. The van der Waals surface area contributed by atoms with Gasteiger partial charge in [-0.2, -0.15) is 0 Å². The maximum Gasteiger partial charge on any atom is 0.257 e. The number of rotatable bonds is 3. The highest BCUT2D eigenvalue weighted by Crippen LogP contribution is 2.26. The van der Waals surface area contributed by atoms with E-state index in [0.29, 0.717) is 36.5 Å². The Morgan fingerprint density at radius 2 is 1.97 bits per heavy atom. The average Bonchev–Trinajstić information content (AvgIpc) is 2.72. The largest absolute Gasteiger partial charge is 0.491 e. The summed E-state index contributed by atoms with van der Waals surface area (Å²) in [6, 6.07) is 4.84. The van der Waals surface area contributed by atoms with Crippen LogP contribution in [0.4, 0.5) is 5.69 Å². The Morgan fingerprint density at radius 3 is 2.57 bits per heavy atom. The van der Waals surface area contributed by atoms with Crippen LogP contribution in [0.2, 0.25) is 0 Å². The number of ether oxygens (including phenoxy) is 2. The van der Waals surface area contributed by atoms with Crippen LogP contribution in [0.5, 0.6) is 5.75 Å². The minimum atomic E-state index is -0.236. The molecule has 1 aliphatic rings. The second kappa shape index (κ2) is 10.4. The van der Waals surface area contributed by atoms with Crippen molar-refractivity contribution in [2.24, 2.45) is 5.92 Å². The lowest BCUT2D eigenvalue weighted by Gasteiger charge is -2.35. The van der Waals surface area contributed by atoms with Crippen molar-refractivity contribution < 1.29 is 23.9 Å². The summed E-state index contributed by atoms with van der Waals surface area (Å²) in [5.41, 5.74) is 0.893. The van der Waals surface area contributed by atoms with Gasteiger partial charge < -0.3 is 24.6 Å². The van der Waals surface area contributed by atoms with Crippen molar-refractivity contribution in [3.05, 3.63) is 23.8 Å². The molecule has 1 heterocycles. The van der Waals surface area contributed by atoms with Crippen molar-refractivity contribution in [1.29, 1.82) is 0 Å². The quantitative estimate of drug-likeness (QED) is 0.813. The maximum absolute atomic E-state index is 13.2. The van der Waals surface area contributed by atoms with Crippen LogP contribution in [0.25, 0.3) is 0 Å². The van der Waals surface area contributed by atoms with Crippen LogP contribution in [0.3, 0.4) is 0 Å². The van der Waals surface area contributed by atoms with Crippen molar-refractivity contribution in [2.75, 3.05) is 39.2 Å². The summed E-state index contributed by atoms with van der Waals surface area (Å²) in [6.07, 6.45) is 0.104. The lowest BCUT2D eigenvalue weighted by Crippen LogP contribution is -2.48. The number of amides is 3. The molecule has 1 aliphatic heterocycles. The fourth-order valence-electron chi connectivity index (χ4n) is 3.54. The van der Waals surface area contributed by atoms with Crippen LogP contribution in [0, 0.1) is 5.92 Å². The number of carbonyl (C=O) groups excluding carboxylic acids is 3. The Morgan fingerprint density at radius 1 is 1.27 bits per heavy atom. The van der Waals surface area contributed by atoms with E-state index in [1.165, 1.54) is 0 Å². The summed E-state index contributed by atoms with van der Waals surface area (Å²) in [5, 5.41) is 2.78. The summed E-state index contributed by atoms with van der Waals surface area (Å²) >= 11 is 0.